The number of benzene rings is 1. The van der Waals surface area contributed by atoms with E-state index >= 15 is 0 Å². The molecule has 0 N–H and O–H groups in total. The highest BCUT2D eigenvalue weighted by atomic mass is 35.5. The SMILES string of the molecule is CC[C@@H](C(=O)N1CCc2c(Cl)cccc2C1)N1CCOCC1. The third kappa shape index (κ3) is 3.14. The van der Waals surface area contributed by atoms with E-state index < -0.39 is 0 Å². The summed E-state index contributed by atoms with van der Waals surface area (Å²) in [4.78, 5) is 17.2. The Kier molecular flexibility index (Phi) is 5.01. The summed E-state index contributed by atoms with van der Waals surface area (Å²) in [7, 11) is 0. The zero-order chi connectivity index (χ0) is 15.5. The van der Waals surface area contributed by atoms with Gasteiger partial charge in [0, 0.05) is 31.2 Å². The lowest BCUT2D eigenvalue weighted by molar-refractivity contribution is -0.139. The molecule has 0 aliphatic carbocycles. The van der Waals surface area contributed by atoms with Gasteiger partial charge in [-0.05, 0) is 30.0 Å². The predicted octanol–water partition coefficient (Wildman–Crippen LogP) is 2.34. The molecule has 1 aromatic rings. The van der Waals surface area contributed by atoms with Gasteiger partial charge in [-0.2, -0.15) is 0 Å². The summed E-state index contributed by atoms with van der Waals surface area (Å²) in [5, 5.41) is 0.824. The number of ether oxygens (including phenoxy) is 1. The first kappa shape index (κ1) is 15.8. The molecule has 1 atom stereocenters. The van der Waals surface area contributed by atoms with E-state index in [-0.39, 0.29) is 11.9 Å². The monoisotopic (exact) mass is 322 g/mol. The fourth-order valence-electron chi connectivity index (χ4n) is 3.44. The number of carbonyl (C=O) groups excluding carboxylic acids is 1. The number of nitrogens with zero attached hydrogens (tertiary/aromatic N) is 2. The van der Waals surface area contributed by atoms with E-state index in [1.54, 1.807) is 0 Å². The number of amides is 1. The van der Waals surface area contributed by atoms with Gasteiger partial charge in [-0.25, -0.2) is 0 Å². The van der Waals surface area contributed by atoms with Gasteiger partial charge in [0.25, 0.3) is 0 Å². The molecule has 120 valence electrons. The van der Waals surface area contributed by atoms with Crippen LogP contribution in [0.25, 0.3) is 0 Å². The van der Waals surface area contributed by atoms with E-state index in [0.717, 1.165) is 50.7 Å². The highest BCUT2D eigenvalue weighted by molar-refractivity contribution is 6.31. The average molecular weight is 323 g/mol. The second-order valence-corrected chi connectivity index (χ2v) is 6.37. The van der Waals surface area contributed by atoms with Gasteiger partial charge in [-0.15, -0.1) is 0 Å². The van der Waals surface area contributed by atoms with Crippen LogP contribution in [-0.2, 0) is 22.5 Å². The summed E-state index contributed by atoms with van der Waals surface area (Å²) in [6.45, 7) is 6.67. The van der Waals surface area contributed by atoms with E-state index in [1.165, 1.54) is 11.1 Å². The largest absolute Gasteiger partial charge is 0.379 e. The summed E-state index contributed by atoms with van der Waals surface area (Å²) in [5.74, 6) is 0.245. The van der Waals surface area contributed by atoms with Crippen molar-refractivity contribution in [3.63, 3.8) is 0 Å². The molecule has 0 saturated carbocycles. The van der Waals surface area contributed by atoms with Gasteiger partial charge in [0.05, 0.1) is 19.3 Å². The lowest BCUT2D eigenvalue weighted by Crippen LogP contribution is -2.52. The van der Waals surface area contributed by atoms with Gasteiger partial charge in [0.2, 0.25) is 5.91 Å². The van der Waals surface area contributed by atoms with E-state index in [1.807, 2.05) is 17.0 Å². The van der Waals surface area contributed by atoms with Crippen molar-refractivity contribution < 1.29 is 9.53 Å². The van der Waals surface area contributed by atoms with Gasteiger partial charge in [-0.1, -0.05) is 30.7 Å². The second-order valence-electron chi connectivity index (χ2n) is 5.96. The minimum Gasteiger partial charge on any atom is -0.379 e. The Morgan fingerprint density at radius 1 is 1.32 bits per heavy atom. The van der Waals surface area contributed by atoms with Gasteiger partial charge < -0.3 is 9.64 Å². The van der Waals surface area contributed by atoms with Crippen LogP contribution in [0, 0.1) is 0 Å². The maximum absolute atomic E-state index is 12.9. The number of hydrogen-bond acceptors (Lipinski definition) is 3. The summed E-state index contributed by atoms with van der Waals surface area (Å²) in [6.07, 6.45) is 1.69. The standard InChI is InChI=1S/C17H23ClN2O2/c1-2-16(19-8-10-22-11-9-19)17(21)20-7-6-14-13(12-20)4-3-5-15(14)18/h3-5,16H,2,6-12H2,1H3/t16-/m0/s1. The van der Waals surface area contributed by atoms with Crippen LogP contribution in [0.1, 0.15) is 24.5 Å². The summed E-state index contributed by atoms with van der Waals surface area (Å²) >= 11 is 6.26. The molecule has 5 heteroatoms. The van der Waals surface area contributed by atoms with Gasteiger partial charge in [0.1, 0.15) is 0 Å². The van der Waals surface area contributed by atoms with Gasteiger partial charge in [-0.3, -0.25) is 9.69 Å². The Balaban J connectivity index is 1.72. The lowest BCUT2D eigenvalue weighted by atomic mass is 9.98. The normalized spacial score (nSPS) is 20.5. The third-order valence-electron chi connectivity index (χ3n) is 4.68. The minimum absolute atomic E-state index is 0.0235. The van der Waals surface area contributed by atoms with Crippen LogP contribution in [0.4, 0.5) is 0 Å². The van der Waals surface area contributed by atoms with Crippen molar-refractivity contribution in [2.24, 2.45) is 0 Å². The first-order chi connectivity index (χ1) is 10.7. The Hall–Kier alpha value is -1.10. The molecule has 1 saturated heterocycles. The molecule has 0 bridgehead atoms. The molecule has 0 aromatic heterocycles. The summed E-state index contributed by atoms with van der Waals surface area (Å²) < 4.78 is 5.40. The van der Waals surface area contributed by atoms with Gasteiger partial charge in [0.15, 0.2) is 0 Å². The van der Waals surface area contributed by atoms with Crippen molar-refractivity contribution in [1.29, 1.82) is 0 Å². The molecule has 3 rings (SSSR count). The average Bonchev–Trinajstić information content (AvgIpc) is 2.56. The Morgan fingerprint density at radius 3 is 2.82 bits per heavy atom. The first-order valence-electron chi connectivity index (χ1n) is 8.07. The molecule has 0 radical (unpaired) electrons. The first-order valence-corrected chi connectivity index (χ1v) is 8.45. The molecule has 0 spiro atoms. The lowest BCUT2D eigenvalue weighted by Gasteiger charge is -2.38. The molecule has 2 aliphatic rings. The van der Waals surface area contributed by atoms with E-state index in [0.29, 0.717) is 6.54 Å². The van der Waals surface area contributed by atoms with Crippen LogP contribution in [0.3, 0.4) is 0 Å². The van der Waals surface area contributed by atoms with Crippen molar-refractivity contribution >= 4 is 17.5 Å². The van der Waals surface area contributed by atoms with Crippen LogP contribution in [0.2, 0.25) is 5.02 Å². The number of fused-ring (bicyclic) bond motifs is 1. The third-order valence-corrected chi connectivity index (χ3v) is 5.03. The van der Waals surface area contributed by atoms with E-state index in [9.17, 15) is 4.79 Å². The quantitative estimate of drug-likeness (QED) is 0.856. The summed E-state index contributed by atoms with van der Waals surface area (Å²) in [5.41, 5.74) is 2.39. The molecule has 2 heterocycles. The fraction of sp³-hybridized carbons (Fsp3) is 0.588. The van der Waals surface area contributed by atoms with Crippen LogP contribution in [0.5, 0.6) is 0 Å². The molecular formula is C17H23ClN2O2. The molecular weight excluding hydrogens is 300 g/mol. The topological polar surface area (TPSA) is 32.8 Å². The fourth-order valence-corrected chi connectivity index (χ4v) is 3.73. The maximum Gasteiger partial charge on any atom is 0.240 e. The number of carbonyl (C=O) groups is 1. The van der Waals surface area contributed by atoms with Crippen LogP contribution in [0.15, 0.2) is 18.2 Å². The number of halogens is 1. The molecule has 2 aliphatic heterocycles. The number of morpholine rings is 1. The van der Waals surface area contributed by atoms with Gasteiger partial charge >= 0.3 is 0 Å². The number of rotatable bonds is 3. The van der Waals surface area contributed by atoms with Crippen molar-refractivity contribution in [2.75, 3.05) is 32.8 Å². The van der Waals surface area contributed by atoms with Crippen molar-refractivity contribution in [3.05, 3.63) is 34.3 Å². The zero-order valence-electron chi connectivity index (χ0n) is 13.1. The highest BCUT2D eigenvalue weighted by Gasteiger charge is 2.31. The molecule has 1 amide bonds. The second kappa shape index (κ2) is 6.99. The van der Waals surface area contributed by atoms with Crippen LogP contribution >= 0.6 is 11.6 Å². The van der Waals surface area contributed by atoms with E-state index in [2.05, 4.69) is 17.9 Å². The molecule has 22 heavy (non-hydrogen) atoms. The molecule has 4 nitrogen and oxygen atoms in total. The molecule has 0 unspecified atom stereocenters. The van der Waals surface area contributed by atoms with E-state index in [4.69, 9.17) is 16.3 Å². The minimum atomic E-state index is -0.0235. The van der Waals surface area contributed by atoms with Crippen molar-refractivity contribution in [1.82, 2.24) is 9.80 Å². The maximum atomic E-state index is 12.9. The summed E-state index contributed by atoms with van der Waals surface area (Å²) in [6, 6.07) is 5.95. The smallest absolute Gasteiger partial charge is 0.240 e. The zero-order valence-corrected chi connectivity index (χ0v) is 13.8. The molecule has 1 aromatic carbocycles. The van der Waals surface area contributed by atoms with Crippen LogP contribution < -0.4 is 0 Å². The Morgan fingerprint density at radius 2 is 2.09 bits per heavy atom. The Labute approximate surface area is 137 Å². The van der Waals surface area contributed by atoms with Crippen molar-refractivity contribution in [2.45, 2.75) is 32.4 Å². The number of hydrogen-bond donors (Lipinski definition) is 0. The Bertz CT molecular complexity index is 543. The highest BCUT2D eigenvalue weighted by Crippen LogP contribution is 2.26. The van der Waals surface area contributed by atoms with Crippen molar-refractivity contribution in [3.8, 4) is 0 Å². The molecule has 1 fully saturated rings. The predicted molar refractivity (Wildman–Crippen MR) is 87.0 cm³/mol. The van der Waals surface area contributed by atoms with Crippen LogP contribution in [-0.4, -0.2) is 54.6 Å².